The smallest absolute Gasteiger partial charge is 0.136 e. The number of aryl methyl sites for hydroxylation is 1. The first-order valence-corrected chi connectivity index (χ1v) is 6.66. The summed E-state index contributed by atoms with van der Waals surface area (Å²) in [6.07, 6.45) is 3.18. The van der Waals surface area contributed by atoms with Gasteiger partial charge in [0.15, 0.2) is 0 Å². The normalized spacial score (nSPS) is 16.8. The molecule has 3 nitrogen and oxygen atoms in total. The highest BCUT2D eigenvalue weighted by Gasteiger charge is 2.14. The molecule has 2 heterocycles. The lowest BCUT2D eigenvalue weighted by Crippen LogP contribution is -2.28. The number of aromatic nitrogens is 1. The molecule has 3 rings (SSSR count). The summed E-state index contributed by atoms with van der Waals surface area (Å²) >= 11 is 0. The fourth-order valence-corrected chi connectivity index (χ4v) is 2.63. The molecule has 94 valence electrons. The van der Waals surface area contributed by atoms with Gasteiger partial charge in [0.1, 0.15) is 5.82 Å². The van der Waals surface area contributed by atoms with Gasteiger partial charge in [0.25, 0.3) is 0 Å². The Hall–Kier alpha value is -1.61. The fraction of sp³-hybridized carbons (Fsp3) is 0.400. The van der Waals surface area contributed by atoms with E-state index in [2.05, 4.69) is 46.4 Å². The van der Waals surface area contributed by atoms with Crippen LogP contribution in [0.15, 0.2) is 30.5 Å². The van der Waals surface area contributed by atoms with Crippen molar-refractivity contribution in [2.45, 2.75) is 13.3 Å². The third kappa shape index (κ3) is 2.06. The molecule has 1 saturated heterocycles. The zero-order valence-corrected chi connectivity index (χ0v) is 10.8. The molecule has 1 fully saturated rings. The molecule has 1 aliphatic rings. The second kappa shape index (κ2) is 4.94. The third-order valence-electron chi connectivity index (χ3n) is 3.61. The van der Waals surface area contributed by atoms with Crippen molar-refractivity contribution in [2.75, 3.05) is 31.1 Å². The summed E-state index contributed by atoms with van der Waals surface area (Å²) in [5.41, 5.74) is 1.25. The zero-order valence-electron chi connectivity index (χ0n) is 10.8. The summed E-state index contributed by atoms with van der Waals surface area (Å²) in [4.78, 5) is 7.07. The van der Waals surface area contributed by atoms with Crippen LogP contribution < -0.4 is 10.2 Å². The number of nitrogens with zero attached hydrogens (tertiary/aromatic N) is 2. The molecule has 1 N–H and O–H groups in total. The Morgan fingerprint density at radius 3 is 2.83 bits per heavy atom. The van der Waals surface area contributed by atoms with Crippen LogP contribution in [0.5, 0.6) is 0 Å². The summed E-state index contributed by atoms with van der Waals surface area (Å²) in [5, 5.41) is 6.03. The maximum absolute atomic E-state index is 4.67. The van der Waals surface area contributed by atoms with Crippen LogP contribution in [0.1, 0.15) is 12.0 Å². The third-order valence-corrected chi connectivity index (χ3v) is 3.61. The molecule has 0 unspecified atom stereocenters. The van der Waals surface area contributed by atoms with Crippen LogP contribution in [0.2, 0.25) is 0 Å². The molecule has 0 spiro atoms. The molecule has 18 heavy (non-hydrogen) atoms. The van der Waals surface area contributed by atoms with E-state index in [4.69, 9.17) is 0 Å². The van der Waals surface area contributed by atoms with E-state index in [1.807, 2.05) is 6.20 Å². The summed E-state index contributed by atoms with van der Waals surface area (Å²) in [6.45, 7) is 6.42. The monoisotopic (exact) mass is 241 g/mol. The summed E-state index contributed by atoms with van der Waals surface area (Å²) in [6, 6.07) is 8.57. The van der Waals surface area contributed by atoms with Gasteiger partial charge in [-0.1, -0.05) is 24.3 Å². The van der Waals surface area contributed by atoms with Crippen molar-refractivity contribution in [1.29, 1.82) is 0 Å². The number of anilines is 1. The lowest BCUT2D eigenvalue weighted by molar-refractivity contribution is 0.724. The average molecular weight is 241 g/mol. The van der Waals surface area contributed by atoms with E-state index in [1.165, 1.54) is 22.8 Å². The van der Waals surface area contributed by atoms with E-state index in [0.29, 0.717) is 0 Å². The Bertz CT molecular complexity index is 542. The quantitative estimate of drug-likeness (QED) is 0.830. The van der Waals surface area contributed by atoms with Crippen LogP contribution in [-0.4, -0.2) is 31.2 Å². The molecule has 0 amide bonds. The predicted molar refractivity (Wildman–Crippen MR) is 76.2 cm³/mol. The molecule has 1 aromatic heterocycles. The van der Waals surface area contributed by atoms with Gasteiger partial charge in [0.05, 0.1) is 0 Å². The summed E-state index contributed by atoms with van der Waals surface area (Å²) in [7, 11) is 0. The van der Waals surface area contributed by atoms with E-state index in [9.17, 15) is 0 Å². The molecule has 0 bridgehead atoms. The number of nitrogens with one attached hydrogen (secondary N) is 1. The van der Waals surface area contributed by atoms with Crippen LogP contribution in [0.3, 0.4) is 0 Å². The van der Waals surface area contributed by atoms with Gasteiger partial charge in [-0.15, -0.1) is 0 Å². The minimum Gasteiger partial charge on any atom is -0.355 e. The highest BCUT2D eigenvalue weighted by atomic mass is 15.2. The highest BCUT2D eigenvalue weighted by molar-refractivity contribution is 5.94. The van der Waals surface area contributed by atoms with E-state index >= 15 is 0 Å². The molecular formula is C15H19N3. The minimum absolute atomic E-state index is 1.04. The predicted octanol–water partition coefficient (Wildman–Crippen LogP) is 2.34. The Labute approximate surface area is 108 Å². The van der Waals surface area contributed by atoms with E-state index in [0.717, 1.165) is 32.0 Å². The van der Waals surface area contributed by atoms with Gasteiger partial charge in [-0.25, -0.2) is 4.98 Å². The largest absolute Gasteiger partial charge is 0.355 e. The Morgan fingerprint density at radius 2 is 1.94 bits per heavy atom. The topological polar surface area (TPSA) is 28.2 Å². The molecule has 2 aromatic rings. The average Bonchev–Trinajstić information content (AvgIpc) is 2.68. The Morgan fingerprint density at radius 1 is 1.11 bits per heavy atom. The van der Waals surface area contributed by atoms with Gasteiger partial charge < -0.3 is 10.2 Å². The molecule has 0 saturated carbocycles. The standard InChI is InChI=1S/C15H19N3/c1-12-11-17-15(14-6-3-2-5-13(12)14)18-9-4-7-16-8-10-18/h2-3,5-6,11,16H,4,7-10H2,1H3. The lowest BCUT2D eigenvalue weighted by Gasteiger charge is -2.23. The molecule has 3 heteroatoms. The van der Waals surface area contributed by atoms with Crippen LogP contribution in [0.4, 0.5) is 5.82 Å². The second-order valence-corrected chi connectivity index (χ2v) is 4.90. The van der Waals surface area contributed by atoms with Gasteiger partial charge in [-0.2, -0.15) is 0 Å². The van der Waals surface area contributed by atoms with Crippen molar-refractivity contribution in [1.82, 2.24) is 10.3 Å². The molecule has 0 atom stereocenters. The van der Waals surface area contributed by atoms with Crippen molar-refractivity contribution in [3.8, 4) is 0 Å². The fourth-order valence-electron chi connectivity index (χ4n) is 2.63. The zero-order chi connectivity index (χ0) is 12.4. The van der Waals surface area contributed by atoms with Crippen LogP contribution in [-0.2, 0) is 0 Å². The van der Waals surface area contributed by atoms with Gasteiger partial charge in [-0.05, 0) is 30.8 Å². The lowest BCUT2D eigenvalue weighted by atomic mass is 10.1. The minimum atomic E-state index is 1.04. The highest BCUT2D eigenvalue weighted by Crippen LogP contribution is 2.26. The van der Waals surface area contributed by atoms with Gasteiger partial charge in [0, 0.05) is 31.2 Å². The number of hydrogen-bond donors (Lipinski definition) is 1. The number of fused-ring (bicyclic) bond motifs is 1. The van der Waals surface area contributed by atoms with E-state index in [-0.39, 0.29) is 0 Å². The van der Waals surface area contributed by atoms with Gasteiger partial charge in [-0.3, -0.25) is 0 Å². The Balaban J connectivity index is 2.08. The van der Waals surface area contributed by atoms with Crippen molar-refractivity contribution in [3.05, 3.63) is 36.0 Å². The first kappa shape index (κ1) is 11.5. The number of benzene rings is 1. The number of hydrogen-bond acceptors (Lipinski definition) is 3. The molecule has 0 radical (unpaired) electrons. The van der Waals surface area contributed by atoms with Crippen molar-refractivity contribution in [3.63, 3.8) is 0 Å². The molecule has 0 aliphatic carbocycles. The van der Waals surface area contributed by atoms with Gasteiger partial charge in [0.2, 0.25) is 0 Å². The van der Waals surface area contributed by atoms with Crippen LogP contribution >= 0.6 is 0 Å². The van der Waals surface area contributed by atoms with Gasteiger partial charge >= 0.3 is 0 Å². The second-order valence-electron chi connectivity index (χ2n) is 4.90. The molecular weight excluding hydrogens is 222 g/mol. The van der Waals surface area contributed by atoms with E-state index < -0.39 is 0 Å². The van der Waals surface area contributed by atoms with Crippen molar-refractivity contribution >= 4 is 16.6 Å². The summed E-state index contributed by atoms with van der Waals surface area (Å²) in [5.74, 6) is 1.14. The molecule has 1 aromatic carbocycles. The Kier molecular flexibility index (Phi) is 3.15. The van der Waals surface area contributed by atoms with Crippen LogP contribution in [0.25, 0.3) is 10.8 Å². The maximum Gasteiger partial charge on any atom is 0.136 e. The van der Waals surface area contributed by atoms with Crippen LogP contribution in [0, 0.1) is 6.92 Å². The maximum atomic E-state index is 4.67. The van der Waals surface area contributed by atoms with Crippen molar-refractivity contribution < 1.29 is 0 Å². The first-order chi connectivity index (χ1) is 8.86. The molecule has 1 aliphatic heterocycles. The number of pyridine rings is 1. The first-order valence-electron chi connectivity index (χ1n) is 6.66. The SMILES string of the molecule is Cc1cnc(N2CCCNCC2)c2ccccc12. The number of rotatable bonds is 1. The van der Waals surface area contributed by atoms with E-state index in [1.54, 1.807) is 0 Å². The van der Waals surface area contributed by atoms with Crippen molar-refractivity contribution in [2.24, 2.45) is 0 Å². The summed E-state index contributed by atoms with van der Waals surface area (Å²) < 4.78 is 0.